The zero-order valence-electron chi connectivity index (χ0n) is 18.2. The molecule has 2 heterocycles. The van der Waals surface area contributed by atoms with Gasteiger partial charge in [0.2, 0.25) is 0 Å². The summed E-state index contributed by atoms with van der Waals surface area (Å²) in [7, 11) is 0. The van der Waals surface area contributed by atoms with Crippen molar-refractivity contribution in [2.24, 2.45) is 0 Å². The largest absolute Gasteiger partial charge is 0.395 e. The molecule has 2 N–H and O–H groups in total. The SMILES string of the molecule is C[C@H](O)C#Cc1ccc([C@H]2[C@H](CO)N3CCCCN(C(=O)c4ccc(F)cc4)C[C@@H]23)cc1. The first-order chi connectivity index (χ1) is 15.5. The van der Waals surface area contributed by atoms with E-state index in [1.165, 1.54) is 24.3 Å². The maximum absolute atomic E-state index is 13.3. The molecule has 0 aromatic heterocycles. The summed E-state index contributed by atoms with van der Waals surface area (Å²) in [5.74, 6) is 5.37. The summed E-state index contributed by atoms with van der Waals surface area (Å²) in [6.07, 6.45) is 1.18. The van der Waals surface area contributed by atoms with E-state index in [1.54, 1.807) is 6.92 Å². The van der Waals surface area contributed by atoms with Gasteiger partial charge in [-0.3, -0.25) is 9.69 Å². The maximum Gasteiger partial charge on any atom is 0.253 e. The molecule has 0 spiro atoms. The number of halogens is 1. The number of aliphatic hydroxyl groups is 2. The molecular formula is C26H29FN2O3. The van der Waals surface area contributed by atoms with Crippen LogP contribution >= 0.6 is 0 Å². The van der Waals surface area contributed by atoms with Crippen LogP contribution in [0.2, 0.25) is 0 Å². The van der Waals surface area contributed by atoms with Gasteiger partial charge in [0.05, 0.1) is 6.61 Å². The second-order valence-corrected chi connectivity index (χ2v) is 8.61. The third-order valence-electron chi connectivity index (χ3n) is 6.47. The fraction of sp³-hybridized carbons (Fsp3) is 0.423. The zero-order valence-corrected chi connectivity index (χ0v) is 18.2. The highest BCUT2D eigenvalue weighted by atomic mass is 19.1. The number of carbonyl (C=O) groups is 1. The Hall–Kier alpha value is -2.72. The van der Waals surface area contributed by atoms with Gasteiger partial charge in [-0.25, -0.2) is 4.39 Å². The first-order valence-electron chi connectivity index (χ1n) is 11.2. The molecule has 2 aromatic carbocycles. The molecule has 6 heteroatoms. The van der Waals surface area contributed by atoms with Crippen LogP contribution in [0.5, 0.6) is 0 Å². The Balaban J connectivity index is 1.55. The van der Waals surface area contributed by atoms with Crippen LogP contribution in [0.3, 0.4) is 0 Å². The third kappa shape index (κ3) is 4.71. The predicted octanol–water partition coefficient (Wildman–Crippen LogP) is 2.62. The summed E-state index contributed by atoms with van der Waals surface area (Å²) in [5.41, 5.74) is 2.44. The maximum atomic E-state index is 13.3. The summed E-state index contributed by atoms with van der Waals surface area (Å²) in [5, 5.41) is 19.4. The lowest BCUT2D eigenvalue weighted by Gasteiger charge is -2.57. The van der Waals surface area contributed by atoms with Crippen LogP contribution in [0, 0.1) is 17.7 Å². The lowest BCUT2D eigenvalue weighted by atomic mass is 9.74. The fourth-order valence-electron chi connectivity index (χ4n) is 4.88. The molecule has 2 fully saturated rings. The summed E-state index contributed by atoms with van der Waals surface area (Å²) >= 11 is 0. The Morgan fingerprint density at radius 2 is 1.81 bits per heavy atom. The summed E-state index contributed by atoms with van der Waals surface area (Å²) in [4.78, 5) is 17.3. The summed E-state index contributed by atoms with van der Waals surface area (Å²) < 4.78 is 13.3. The zero-order chi connectivity index (χ0) is 22.7. The Morgan fingerprint density at radius 1 is 1.12 bits per heavy atom. The highest BCUT2D eigenvalue weighted by molar-refractivity contribution is 5.94. The molecule has 0 bridgehead atoms. The van der Waals surface area contributed by atoms with Crippen LogP contribution in [-0.4, -0.2) is 70.3 Å². The number of carbonyl (C=O) groups excluding carboxylic acids is 1. The standard InChI is InChI=1S/C26H29FN2O3/c1-18(31)4-5-19-6-8-20(9-7-19)25-23-16-28(14-2-3-15-29(23)24(25)17-30)26(32)21-10-12-22(27)13-11-21/h6-13,18,23-25,30-31H,2-3,14-17H2,1H3/t18-,23-,24-,25+/m0/s1. The fourth-order valence-corrected chi connectivity index (χ4v) is 4.88. The predicted molar refractivity (Wildman–Crippen MR) is 121 cm³/mol. The normalized spacial score (nSPS) is 24.2. The van der Waals surface area contributed by atoms with Crippen molar-refractivity contribution in [2.75, 3.05) is 26.2 Å². The molecule has 32 heavy (non-hydrogen) atoms. The molecule has 0 saturated carbocycles. The lowest BCUT2D eigenvalue weighted by Crippen LogP contribution is -2.67. The molecule has 0 aliphatic carbocycles. The third-order valence-corrected chi connectivity index (χ3v) is 6.47. The van der Waals surface area contributed by atoms with Crippen LogP contribution in [0.4, 0.5) is 4.39 Å². The van der Waals surface area contributed by atoms with Crippen molar-refractivity contribution in [1.82, 2.24) is 9.80 Å². The van der Waals surface area contributed by atoms with E-state index in [0.29, 0.717) is 18.7 Å². The molecule has 4 rings (SSSR count). The number of benzene rings is 2. The Morgan fingerprint density at radius 3 is 2.47 bits per heavy atom. The number of hydrogen-bond acceptors (Lipinski definition) is 4. The van der Waals surface area contributed by atoms with Gasteiger partial charge in [0.15, 0.2) is 0 Å². The van der Waals surface area contributed by atoms with Gasteiger partial charge in [-0.2, -0.15) is 0 Å². The number of nitrogens with zero attached hydrogens (tertiary/aromatic N) is 2. The van der Waals surface area contributed by atoms with Gasteiger partial charge in [0.1, 0.15) is 11.9 Å². The van der Waals surface area contributed by atoms with Crippen molar-refractivity contribution >= 4 is 5.91 Å². The smallest absolute Gasteiger partial charge is 0.253 e. The molecule has 0 unspecified atom stereocenters. The number of aliphatic hydroxyl groups excluding tert-OH is 2. The van der Waals surface area contributed by atoms with Crippen LogP contribution in [0.1, 0.15) is 47.2 Å². The summed E-state index contributed by atoms with van der Waals surface area (Å²) in [6.45, 7) is 3.84. The van der Waals surface area contributed by atoms with E-state index >= 15 is 0 Å². The molecule has 2 aromatic rings. The van der Waals surface area contributed by atoms with Gasteiger partial charge in [0, 0.05) is 42.2 Å². The molecule has 2 saturated heterocycles. The minimum absolute atomic E-state index is 0.0234. The van der Waals surface area contributed by atoms with E-state index < -0.39 is 6.10 Å². The Kier molecular flexibility index (Phi) is 6.90. The van der Waals surface area contributed by atoms with E-state index in [4.69, 9.17) is 0 Å². The molecule has 168 valence electrons. The van der Waals surface area contributed by atoms with Gasteiger partial charge < -0.3 is 15.1 Å². The van der Waals surface area contributed by atoms with Crippen molar-refractivity contribution in [1.29, 1.82) is 0 Å². The van der Waals surface area contributed by atoms with E-state index in [9.17, 15) is 19.4 Å². The Labute approximate surface area is 188 Å². The van der Waals surface area contributed by atoms with E-state index in [2.05, 4.69) is 16.7 Å². The van der Waals surface area contributed by atoms with Gasteiger partial charge >= 0.3 is 0 Å². The van der Waals surface area contributed by atoms with Gasteiger partial charge in [-0.15, -0.1) is 0 Å². The molecular weight excluding hydrogens is 407 g/mol. The summed E-state index contributed by atoms with van der Waals surface area (Å²) in [6, 6.07) is 13.8. The number of hydrogen-bond donors (Lipinski definition) is 2. The average molecular weight is 437 g/mol. The minimum atomic E-state index is -0.673. The lowest BCUT2D eigenvalue weighted by molar-refractivity contribution is -0.0606. The van der Waals surface area contributed by atoms with E-state index in [1.807, 2.05) is 29.2 Å². The first-order valence-corrected chi connectivity index (χ1v) is 11.2. The first kappa shape index (κ1) is 22.5. The van der Waals surface area contributed by atoms with Crippen LogP contribution in [0.15, 0.2) is 48.5 Å². The molecule has 4 atom stereocenters. The van der Waals surface area contributed by atoms with Crippen molar-refractivity contribution < 1.29 is 19.4 Å². The topological polar surface area (TPSA) is 64.0 Å². The van der Waals surface area contributed by atoms with Crippen LogP contribution in [-0.2, 0) is 0 Å². The molecule has 1 amide bonds. The van der Waals surface area contributed by atoms with Crippen molar-refractivity contribution in [3.05, 3.63) is 71.0 Å². The highest BCUT2D eigenvalue weighted by Gasteiger charge is 2.49. The molecule has 5 nitrogen and oxygen atoms in total. The van der Waals surface area contributed by atoms with Crippen molar-refractivity contribution in [3.8, 4) is 11.8 Å². The number of fused-ring (bicyclic) bond motifs is 1. The van der Waals surface area contributed by atoms with Crippen molar-refractivity contribution in [3.63, 3.8) is 0 Å². The van der Waals surface area contributed by atoms with E-state index in [0.717, 1.165) is 30.5 Å². The molecule has 2 aliphatic heterocycles. The van der Waals surface area contributed by atoms with Gasteiger partial charge in [-0.1, -0.05) is 24.0 Å². The molecule has 2 aliphatic rings. The highest BCUT2D eigenvalue weighted by Crippen LogP contribution is 2.42. The quantitative estimate of drug-likeness (QED) is 0.727. The minimum Gasteiger partial charge on any atom is -0.395 e. The van der Waals surface area contributed by atoms with Crippen LogP contribution < -0.4 is 0 Å². The number of rotatable bonds is 3. The monoisotopic (exact) mass is 436 g/mol. The second kappa shape index (κ2) is 9.83. The van der Waals surface area contributed by atoms with E-state index in [-0.39, 0.29) is 36.3 Å². The van der Waals surface area contributed by atoms with Gasteiger partial charge in [-0.05, 0) is 68.3 Å². The average Bonchev–Trinajstić information content (AvgIpc) is 2.77. The second-order valence-electron chi connectivity index (χ2n) is 8.61. The molecule has 0 radical (unpaired) electrons. The van der Waals surface area contributed by atoms with Crippen molar-refractivity contribution in [2.45, 2.75) is 43.9 Å². The Bertz CT molecular complexity index is 994. The van der Waals surface area contributed by atoms with Crippen LogP contribution in [0.25, 0.3) is 0 Å². The number of amides is 1. The van der Waals surface area contributed by atoms with Gasteiger partial charge in [0.25, 0.3) is 5.91 Å².